The molecule has 0 bridgehead atoms. The maximum absolute atomic E-state index is 5.90. The third-order valence-corrected chi connectivity index (χ3v) is 2.61. The molecule has 1 atom stereocenters. The number of amidine groups is 1. The Labute approximate surface area is 102 Å². The summed E-state index contributed by atoms with van der Waals surface area (Å²) in [5, 5.41) is 3.32. The third kappa shape index (κ3) is 2.52. The summed E-state index contributed by atoms with van der Waals surface area (Å²) in [5.41, 5.74) is 7.38. The molecule has 1 aliphatic heterocycles. The Balaban J connectivity index is 2.34. The van der Waals surface area contributed by atoms with E-state index in [1.165, 1.54) is 0 Å². The number of nitrogen functional groups attached to an aromatic ring is 1. The maximum atomic E-state index is 5.90. The van der Waals surface area contributed by atoms with E-state index < -0.39 is 0 Å². The molecule has 0 saturated heterocycles. The predicted octanol–water partition coefficient (Wildman–Crippen LogP) is 2.66. The van der Waals surface area contributed by atoms with E-state index in [0.717, 1.165) is 29.4 Å². The molecule has 0 fully saturated rings. The molecule has 2 rings (SSSR count). The van der Waals surface area contributed by atoms with Crippen molar-refractivity contribution >= 4 is 17.2 Å². The van der Waals surface area contributed by atoms with Gasteiger partial charge >= 0.3 is 0 Å². The lowest BCUT2D eigenvalue weighted by Crippen LogP contribution is -2.37. The molecule has 1 aromatic carbocycles. The second kappa shape index (κ2) is 4.65. The smallest absolute Gasteiger partial charge is 0.155 e. The van der Waals surface area contributed by atoms with Gasteiger partial charge in [-0.2, -0.15) is 0 Å². The fourth-order valence-corrected chi connectivity index (χ4v) is 1.85. The van der Waals surface area contributed by atoms with Crippen molar-refractivity contribution in [2.24, 2.45) is 4.99 Å². The minimum absolute atomic E-state index is 0.00789. The van der Waals surface area contributed by atoms with E-state index in [1.807, 2.05) is 18.2 Å². The number of hydrogen-bond acceptors (Lipinski definition) is 3. The molecule has 92 valence electrons. The Morgan fingerprint density at radius 2 is 2.24 bits per heavy atom. The third-order valence-electron chi connectivity index (χ3n) is 2.61. The van der Waals surface area contributed by atoms with Crippen LogP contribution in [0.3, 0.4) is 0 Å². The summed E-state index contributed by atoms with van der Waals surface area (Å²) in [6.45, 7) is 6.19. The van der Waals surface area contributed by atoms with Crippen LogP contribution in [-0.4, -0.2) is 18.0 Å². The fraction of sp³-hybridized carbons (Fsp3) is 0.462. The van der Waals surface area contributed by atoms with Crippen molar-refractivity contribution in [3.05, 3.63) is 18.2 Å². The van der Waals surface area contributed by atoms with Crippen LogP contribution >= 0.6 is 0 Å². The highest BCUT2D eigenvalue weighted by atomic mass is 16.5. The summed E-state index contributed by atoms with van der Waals surface area (Å²) >= 11 is 0. The molecule has 1 aromatic rings. The Kier molecular flexibility index (Phi) is 3.22. The number of nitrogens with one attached hydrogen (secondary N) is 1. The predicted molar refractivity (Wildman–Crippen MR) is 71.8 cm³/mol. The van der Waals surface area contributed by atoms with E-state index >= 15 is 0 Å². The molecule has 0 radical (unpaired) electrons. The van der Waals surface area contributed by atoms with Gasteiger partial charge in [-0.25, -0.2) is 0 Å². The molecule has 0 aliphatic carbocycles. The number of nitrogens with two attached hydrogens (primary N) is 1. The highest BCUT2D eigenvalue weighted by Crippen LogP contribution is 2.32. The van der Waals surface area contributed by atoms with Crippen LogP contribution in [0.5, 0.6) is 5.75 Å². The largest absolute Gasteiger partial charge is 0.480 e. The molecular formula is C13H19N3O. The fourth-order valence-electron chi connectivity index (χ4n) is 1.85. The van der Waals surface area contributed by atoms with Crippen LogP contribution in [0.25, 0.3) is 0 Å². The first-order valence-electron chi connectivity index (χ1n) is 6.01. The van der Waals surface area contributed by atoms with Gasteiger partial charge in [0, 0.05) is 11.7 Å². The molecule has 17 heavy (non-hydrogen) atoms. The minimum Gasteiger partial charge on any atom is -0.480 e. The lowest BCUT2D eigenvalue weighted by Gasteiger charge is -2.28. The van der Waals surface area contributed by atoms with Crippen LogP contribution in [0.15, 0.2) is 23.2 Å². The number of ether oxygens (including phenoxy) is 1. The Morgan fingerprint density at radius 1 is 1.47 bits per heavy atom. The second-order valence-corrected chi connectivity index (χ2v) is 4.50. The summed E-state index contributed by atoms with van der Waals surface area (Å²) in [7, 11) is 0. The van der Waals surface area contributed by atoms with Crippen molar-refractivity contribution in [1.82, 2.24) is 0 Å². The monoisotopic (exact) mass is 233 g/mol. The van der Waals surface area contributed by atoms with Gasteiger partial charge in [0.1, 0.15) is 11.6 Å². The summed E-state index contributed by atoms with van der Waals surface area (Å²) in [6.07, 6.45) is 0.899. The summed E-state index contributed by atoms with van der Waals surface area (Å²) in [6, 6.07) is 5.86. The van der Waals surface area contributed by atoms with Gasteiger partial charge in [0.05, 0.1) is 5.69 Å². The SMILES string of the molecule is CCC1Oc2ccc(N)cc2NC1=NC(C)C. The number of anilines is 2. The van der Waals surface area contributed by atoms with Crippen LogP contribution in [-0.2, 0) is 0 Å². The lowest BCUT2D eigenvalue weighted by atomic mass is 10.1. The van der Waals surface area contributed by atoms with Gasteiger partial charge in [0.15, 0.2) is 6.10 Å². The van der Waals surface area contributed by atoms with E-state index in [2.05, 4.69) is 31.1 Å². The van der Waals surface area contributed by atoms with Gasteiger partial charge in [-0.3, -0.25) is 4.99 Å². The van der Waals surface area contributed by atoms with Crippen LogP contribution < -0.4 is 15.8 Å². The molecule has 1 unspecified atom stereocenters. The first-order valence-corrected chi connectivity index (χ1v) is 6.01. The van der Waals surface area contributed by atoms with Crippen molar-refractivity contribution in [3.8, 4) is 5.75 Å². The molecule has 1 aliphatic rings. The molecule has 4 heteroatoms. The van der Waals surface area contributed by atoms with Crippen molar-refractivity contribution in [2.45, 2.75) is 39.3 Å². The van der Waals surface area contributed by atoms with E-state index in [4.69, 9.17) is 10.5 Å². The summed E-state index contributed by atoms with van der Waals surface area (Å²) in [5.74, 6) is 1.73. The molecule has 0 saturated carbocycles. The van der Waals surface area contributed by atoms with Crippen LogP contribution in [0.1, 0.15) is 27.2 Å². The minimum atomic E-state index is 0.00789. The zero-order valence-electron chi connectivity index (χ0n) is 10.5. The second-order valence-electron chi connectivity index (χ2n) is 4.50. The first-order chi connectivity index (χ1) is 8.10. The van der Waals surface area contributed by atoms with E-state index in [-0.39, 0.29) is 12.1 Å². The van der Waals surface area contributed by atoms with Gasteiger partial charge in [-0.1, -0.05) is 6.92 Å². The molecule has 0 spiro atoms. The van der Waals surface area contributed by atoms with Crippen molar-refractivity contribution in [2.75, 3.05) is 11.1 Å². The van der Waals surface area contributed by atoms with E-state index in [0.29, 0.717) is 0 Å². The Morgan fingerprint density at radius 3 is 2.88 bits per heavy atom. The van der Waals surface area contributed by atoms with Gasteiger partial charge < -0.3 is 15.8 Å². The van der Waals surface area contributed by atoms with Crippen molar-refractivity contribution < 1.29 is 4.74 Å². The average molecular weight is 233 g/mol. The number of fused-ring (bicyclic) bond motifs is 1. The van der Waals surface area contributed by atoms with Gasteiger partial charge in [-0.05, 0) is 38.5 Å². The zero-order valence-corrected chi connectivity index (χ0v) is 10.5. The van der Waals surface area contributed by atoms with Crippen LogP contribution in [0.2, 0.25) is 0 Å². The van der Waals surface area contributed by atoms with Gasteiger partial charge in [-0.15, -0.1) is 0 Å². The van der Waals surface area contributed by atoms with E-state index in [9.17, 15) is 0 Å². The normalized spacial score (nSPS) is 20.9. The summed E-state index contributed by atoms with van der Waals surface area (Å²) < 4.78 is 5.90. The number of nitrogens with zero attached hydrogens (tertiary/aromatic N) is 1. The standard InChI is InChI=1S/C13H19N3O/c1-4-11-13(15-8(2)3)16-10-7-9(14)5-6-12(10)17-11/h5-8,11H,4,14H2,1-3H3,(H,15,16). The molecule has 1 heterocycles. The highest BCUT2D eigenvalue weighted by Gasteiger charge is 2.24. The number of rotatable bonds is 2. The number of benzene rings is 1. The number of aliphatic imine (C=N–C) groups is 1. The molecular weight excluding hydrogens is 214 g/mol. The average Bonchev–Trinajstić information content (AvgIpc) is 2.27. The van der Waals surface area contributed by atoms with Crippen molar-refractivity contribution in [3.63, 3.8) is 0 Å². The Hall–Kier alpha value is -1.71. The van der Waals surface area contributed by atoms with Crippen LogP contribution in [0, 0.1) is 0 Å². The molecule has 3 N–H and O–H groups in total. The zero-order chi connectivity index (χ0) is 12.4. The number of hydrogen-bond donors (Lipinski definition) is 2. The van der Waals surface area contributed by atoms with Gasteiger partial charge in [0.25, 0.3) is 0 Å². The maximum Gasteiger partial charge on any atom is 0.155 e. The van der Waals surface area contributed by atoms with Gasteiger partial charge in [0.2, 0.25) is 0 Å². The highest BCUT2D eigenvalue weighted by molar-refractivity contribution is 6.02. The van der Waals surface area contributed by atoms with E-state index in [1.54, 1.807) is 0 Å². The summed E-state index contributed by atoms with van der Waals surface area (Å²) in [4.78, 5) is 4.56. The first kappa shape index (κ1) is 11.8. The molecule has 0 aromatic heterocycles. The Bertz CT molecular complexity index is 440. The van der Waals surface area contributed by atoms with Crippen LogP contribution in [0.4, 0.5) is 11.4 Å². The quantitative estimate of drug-likeness (QED) is 0.772. The molecule has 4 nitrogen and oxygen atoms in total. The lowest BCUT2D eigenvalue weighted by molar-refractivity contribution is 0.258. The molecule has 0 amide bonds. The van der Waals surface area contributed by atoms with Crippen molar-refractivity contribution in [1.29, 1.82) is 0 Å². The topological polar surface area (TPSA) is 59.6 Å².